The van der Waals surface area contributed by atoms with Gasteiger partial charge in [-0.2, -0.15) is 3.53 Å². The van der Waals surface area contributed by atoms with Crippen LogP contribution in [0.5, 0.6) is 0 Å². The number of rotatable bonds is 2. The molecule has 0 heterocycles. The Bertz CT molecular complexity index is 162. The van der Waals surface area contributed by atoms with Gasteiger partial charge in [0.15, 0.2) is 0 Å². The molecule has 1 rings (SSSR count). The fraction of sp³-hybridized carbons (Fsp3) is 0.143. The monoisotopic (exact) mass is 232 g/mol. The molecule has 1 aromatic carbocycles. The van der Waals surface area contributed by atoms with Crippen LogP contribution in [0.15, 0.2) is 30.3 Å². The van der Waals surface area contributed by atoms with Crippen molar-refractivity contribution in [2.75, 3.05) is 0 Å². The molecule has 1 nitrogen and oxygen atoms in total. The van der Waals surface area contributed by atoms with Crippen molar-refractivity contribution in [3.8, 4) is 0 Å². The maximum Gasteiger partial charge on any atom is 0.0497 e. The van der Waals surface area contributed by atoms with Gasteiger partial charge in [0.25, 0.3) is 0 Å². The van der Waals surface area contributed by atoms with E-state index in [2.05, 4.69) is 15.7 Å². The summed E-state index contributed by atoms with van der Waals surface area (Å²) >= 11 is 2.02. The molecule has 0 fully saturated rings. The van der Waals surface area contributed by atoms with Gasteiger partial charge in [0.2, 0.25) is 0 Å². The maximum atomic E-state index is 3.98. The van der Waals surface area contributed by atoms with Gasteiger partial charge in [0.1, 0.15) is 0 Å². The summed E-state index contributed by atoms with van der Waals surface area (Å²) in [4.78, 5) is 0. The first-order chi connectivity index (χ1) is 4.43. The van der Waals surface area contributed by atoms with Gasteiger partial charge in [-0.15, -0.1) is 0 Å². The molecule has 1 aromatic rings. The predicted octanol–water partition coefficient (Wildman–Crippen LogP) is 2.14. The van der Waals surface area contributed by atoms with E-state index in [0.717, 1.165) is 6.54 Å². The first-order valence-corrected chi connectivity index (χ1v) is 3.71. The predicted molar refractivity (Wildman–Crippen MR) is 46.3 cm³/mol. The maximum absolute atomic E-state index is 3.98. The first kappa shape index (κ1) is 7.02. The number of benzene rings is 1. The fourth-order valence-corrected chi connectivity index (χ4v) is 1.05. The SMILES string of the molecule is I[N]Cc1ccccc1. The smallest absolute Gasteiger partial charge is 0.0497 e. The van der Waals surface area contributed by atoms with E-state index in [1.165, 1.54) is 5.56 Å². The molecule has 0 unspecified atom stereocenters. The van der Waals surface area contributed by atoms with Crippen LogP contribution >= 0.6 is 22.9 Å². The van der Waals surface area contributed by atoms with E-state index in [-0.39, 0.29) is 0 Å². The summed E-state index contributed by atoms with van der Waals surface area (Å²) in [6, 6.07) is 10.2. The topological polar surface area (TPSA) is 14.1 Å². The first-order valence-electron chi connectivity index (χ1n) is 2.75. The third-order valence-electron chi connectivity index (χ3n) is 1.09. The van der Waals surface area contributed by atoms with Gasteiger partial charge in [-0.05, 0) is 5.56 Å². The van der Waals surface area contributed by atoms with Crippen molar-refractivity contribution in [1.82, 2.24) is 3.53 Å². The normalized spacial score (nSPS) is 9.44. The van der Waals surface area contributed by atoms with Crippen LogP contribution in [-0.4, -0.2) is 0 Å². The zero-order valence-electron chi connectivity index (χ0n) is 4.92. The van der Waals surface area contributed by atoms with Crippen LogP contribution < -0.4 is 3.53 Å². The number of halogens is 1. The Hall–Kier alpha value is -0.0900. The van der Waals surface area contributed by atoms with Crippen LogP contribution in [0.3, 0.4) is 0 Å². The number of hydrogen-bond donors (Lipinski definition) is 0. The molecule has 9 heavy (non-hydrogen) atoms. The molecule has 0 aliphatic heterocycles. The molecule has 2 heteroatoms. The van der Waals surface area contributed by atoms with Crippen molar-refractivity contribution in [3.63, 3.8) is 0 Å². The standard InChI is InChI=1S/C7H7IN/c8-9-6-7-4-2-1-3-5-7/h1-5H,6H2. The van der Waals surface area contributed by atoms with E-state index in [1.54, 1.807) is 0 Å². The van der Waals surface area contributed by atoms with Gasteiger partial charge < -0.3 is 0 Å². The quantitative estimate of drug-likeness (QED) is 0.693. The zero-order valence-corrected chi connectivity index (χ0v) is 7.08. The second-order valence-electron chi connectivity index (χ2n) is 1.76. The van der Waals surface area contributed by atoms with E-state index in [9.17, 15) is 0 Å². The highest BCUT2D eigenvalue weighted by Gasteiger charge is 1.85. The lowest BCUT2D eigenvalue weighted by Gasteiger charge is -1.92. The van der Waals surface area contributed by atoms with Crippen LogP contribution in [0.1, 0.15) is 5.56 Å². The molecule has 0 aromatic heterocycles. The molecule has 0 aliphatic carbocycles. The Morgan fingerprint density at radius 3 is 2.44 bits per heavy atom. The lowest BCUT2D eigenvalue weighted by molar-refractivity contribution is 0.999. The van der Waals surface area contributed by atoms with Gasteiger partial charge in [0.05, 0.1) is 0 Å². The van der Waals surface area contributed by atoms with Crippen molar-refractivity contribution >= 4 is 22.9 Å². The third kappa shape index (κ3) is 2.32. The van der Waals surface area contributed by atoms with Crippen molar-refractivity contribution in [2.24, 2.45) is 0 Å². The largest absolute Gasteiger partial charge is 0.168 e. The van der Waals surface area contributed by atoms with Gasteiger partial charge >= 0.3 is 0 Å². The molecule has 0 amide bonds. The van der Waals surface area contributed by atoms with Crippen LogP contribution in [0, 0.1) is 0 Å². The number of hydrogen-bond acceptors (Lipinski definition) is 0. The van der Waals surface area contributed by atoms with Crippen LogP contribution in [-0.2, 0) is 6.54 Å². The molecule has 0 aliphatic rings. The highest BCUT2D eigenvalue weighted by Crippen LogP contribution is 1.98. The number of nitrogens with zero attached hydrogens (tertiary/aromatic N) is 1. The third-order valence-corrected chi connectivity index (χ3v) is 1.43. The van der Waals surface area contributed by atoms with Crippen molar-refractivity contribution in [1.29, 1.82) is 0 Å². The Labute approximate surface area is 69.0 Å². The molecule has 0 saturated heterocycles. The van der Waals surface area contributed by atoms with E-state index in [4.69, 9.17) is 0 Å². The highest BCUT2D eigenvalue weighted by molar-refractivity contribution is 14.1. The summed E-state index contributed by atoms with van der Waals surface area (Å²) < 4.78 is 3.98. The summed E-state index contributed by atoms with van der Waals surface area (Å²) in [6.45, 7) is 0.821. The minimum Gasteiger partial charge on any atom is -0.168 e. The second-order valence-corrected chi connectivity index (χ2v) is 2.45. The molecular weight excluding hydrogens is 225 g/mol. The molecular formula is C7H7IN. The summed E-state index contributed by atoms with van der Waals surface area (Å²) in [7, 11) is 0. The summed E-state index contributed by atoms with van der Waals surface area (Å²) in [5.41, 5.74) is 1.27. The molecule has 0 N–H and O–H groups in total. The van der Waals surface area contributed by atoms with E-state index in [0.29, 0.717) is 0 Å². The molecule has 0 saturated carbocycles. The molecule has 1 radical (unpaired) electrons. The molecule has 0 bridgehead atoms. The van der Waals surface area contributed by atoms with Crippen LogP contribution in [0.25, 0.3) is 0 Å². The lowest BCUT2D eigenvalue weighted by Crippen LogP contribution is -1.88. The fourth-order valence-electron chi connectivity index (χ4n) is 0.652. The van der Waals surface area contributed by atoms with Gasteiger partial charge in [0, 0.05) is 29.4 Å². The summed E-state index contributed by atoms with van der Waals surface area (Å²) in [5, 5.41) is 0. The second kappa shape index (κ2) is 3.85. The van der Waals surface area contributed by atoms with Crippen LogP contribution in [0.4, 0.5) is 0 Å². The highest BCUT2D eigenvalue weighted by atomic mass is 127. The minimum atomic E-state index is 0.821. The van der Waals surface area contributed by atoms with Gasteiger partial charge in [-0.3, -0.25) is 0 Å². The Balaban J connectivity index is 2.61. The van der Waals surface area contributed by atoms with E-state index < -0.39 is 0 Å². The summed E-state index contributed by atoms with van der Waals surface area (Å²) in [6.07, 6.45) is 0. The Morgan fingerprint density at radius 1 is 1.22 bits per heavy atom. The Kier molecular flexibility index (Phi) is 3.00. The van der Waals surface area contributed by atoms with E-state index in [1.807, 2.05) is 41.1 Å². The van der Waals surface area contributed by atoms with Gasteiger partial charge in [-0.1, -0.05) is 30.3 Å². The molecule has 47 valence electrons. The Morgan fingerprint density at radius 2 is 1.89 bits per heavy atom. The average Bonchev–Trinajstić information content (AvgIpc) is 1.91. The van der Waals surface area contributed by atoms with E-state index >= 15 is 0 Å². The van der Waals surface area contributed by atoms with Crippen molar-refractivity contribution in [2.45, 2.75) is 6.54 Å². The van der Waals surface area contributed by atoms with Crippen molar-refractivity contribution in [3.05, 3.63) is 35.9 Å². The lowest BCUT2D eigenvalue weighted by atomic mass is 10.2. The molecule has 0 spiro atoms. The van der Waals surface area contributed by atoms with Crippen LogP contribution in [0.2, 0.25) is 0 Å². The van der Waals surface area contributed by atoms with Gasteiger partial charge in [-0.25, -0.2) is 0 Å². The average molecular weight is 232 g/mol. The zero-order chi connectivity index (χ0) is 6.53. The van der Waals surface area contributed by atoms with Crippen molar-refractivity contribution < 1.29 is 0 Å². The minimum absolute atomic E-state index is 0.821. The summed E-state index contributed by atoms with van der Waals surface area (Å²) in [5.74, 6) is 0. The molecule has 0 atom stereocenters.